The van der Waals surface area contributed by atoms with Crippen LogP contribution in [0.25, 0.3) is 10.9 Å². The van der Waals surface area contributed by atoms with Gasteiger partial charge in [-0.25, -0.2) is 4.68 Å². The minimum absolute atomic E-state index is 0.122. The third-order valence-corrected chi connectivity index (χ3v) is 8.44. The number of rotatable bonds is 8. The molecule has 0 saturated carbocycles. The molecule has 1 aliphatic rings. The number of benzene rings is 2. The summed E-state index contributed by atoms with van der Waals surface area (Å²) in [5.74, 6) is -0.277. The van der Waals surface area contributed by atoms with Gasteiger partial charge >= 0.3 is 0 Å². The number of carbonyl (C=O) groups excluding carboxylic acids is 1. The van der Waals surface area contributed by atoms with E-state index in [4.69, 9.17) is 44.6 Å². The second kappa shape index (κ2) is 12.9. The van der Waals surface area contributed by atoms with Crippen LogP contribution in [-0.2, 0) is 24.2 Å². The second-order valence-corrected chi connectivity index (χ2v) is 11.8. The number of hydrogen-bond acceptors (Lipinski definition) is 5. The molecule has 0 aliphatic carbocycles. The maximum absolute atomic E-state index is 13.2. The first-order valence-corrected chi connectivity index (χ1v) is 15.1. The topological polar surface area (TPSA) is 91.0 Å². The number of aromatic nitrogens is 4. The number of amides is 1. The Hall–Kier alpha value is -3.69. The van der Waals surface area contributed by atoms with Gasteiger partial charge in [-0.2, -0.15) is 5.10 Å². The quantitative estimate of drug-likeness (QED) is 0.202. The maximum Gasteiger partial charge on any atom is 0.253 e. The van der Waals surface area contributed by atoms with Gasteiger partial charge in [0, 0.05) is 58.1 Å². The first-order chi connectivity index (χ1) is 20.9. The Kier molecular flexibility index (Phi) is 8.81. The lowest BCUT2D eigenvalue weighted by atomic mass is 10.0. The number of fused-ring (bicyclic) bond motifs is 1. The molecule has 1 amide bonds. The highest BCUT2D eigenvalue weighted by Gasteiger charge is 2.22. The SMILES string of the molecule is O=C(NCc1nn(C2CCCCO2)c2ccc(Cl)cc12)c1cncc(Cc2cc(Cl)c(Cn3ccccc3=O)cc2Cl)c1. The van der Waals surface area contributed by atoms with Gasteiger partial charge in [0.25, 0.3) is 11.5 Å². The van der Waals surface area contributed by atoms with Crippen LogP contribution in [0, 0.1) is 0 Å². The van der Waals surface area contributed by atoms with Crippen molar-refractivity contribution in [1.29, 1.82) is 0 Å². The smallest absolute Gasteiger partial charge is 0.253 e. The molecule has 1 N–H and O–H groups in total. The Morgan fingerprint density at radius 1 is 1.00 bits per heavy atom. The summed E-state index contributed by atoms with van der Waals surface area (Å²) in [4.78, 5) is 29.6. The van der Waals surface area contributed by atoms with Crippen molar-refractivity contribution >= 4 is 51.6 Å². The fraction of sp³-hybridized carbons (Fsp3) is 0.250. The molecule has 0 spiro atoms. The second-order valence-electron chi connectivity index (χ2n) is 10.5. The summed E-state index contributed by atoms with van der Waals surface area (Å²) in [6, 6.07) is 16.0. The number of nitrogens with zero attached hydrogens (tertiary/aromatic N) is 4. The van der Waals surface area contributed by atoms with Crippen molar-refractivity contribution in [1.82, 2.24) is 24.6 Å². The highest BCUT2D eigenvalue weighted by atomic mass is 35.5. The van der Waals surface area contributed by atoms with Crippen LogP contribution in [0.2, 0.25) is 15.1 Å². The van der Waals surface area contributed by atoms with Crippen LogP contribution in [0.1, 0.15) is 58.2 Å². The summed E-state index contributed by atoms with van der Waals surface area (Å²) in [6.45, 7) is 1.22. The molecule has 3 aromatic heterocycles. The van der Waals surface area contributed by atoms with Crippen molar-refractivity contribution < 1.29 is 9.53 Å². The molecule has 0 bridgehead atoms. The Labute approximate surface area is 263 Å². The van der Waals surface area contributed by atoms with Crippen molar-refractivity contribution in [2.24, 2.45) is 0 Å². The lowest BCUT2D eigenvalue weighted by molar-refractivity contribution is -0.0369. The van der Waals surface area contributed by atoms with Crippen molar-refractivity contribution in [2.75, 3.05) is 6.61 Å². The molecule has 2 aromatic carbocycles. The summed E-state index contributed by atoms with van der Waals surface area (Å²) >= 11 is 19.5. The van der Waals surface area contributed by atoms with Crippen LogP contribution in [0.3, 0.4) is 0 Å². The third kappa shape index (κ3) is 6.63. The Morgan fingerprint density at radius 2 is 1.84 bits per heavy atom. The van der Waals surface area contributed by atoms with E-state index in [0.29, 0.717) is 45.9 Å². The molecule has 5 aromatic rings. The zero-order chi connectivity index (χ0) is 29.9. The summed E-state index contributed by atoms with van der Waals surface area (Å²) in [6.07, 6.45) is 8.21. The molecule has 1 unspecified atom stereocenters. The molecule has 1 aliphatic heterocycles. The van der Waals surface area contributed by atoms with Gasteiger partial charge in [0.05, 0.1) is 29.9 Å². The van der Waals surface area contributed by atoms with E-state index < -0.39 is 0 Å². The summed E-state index contributed by atoms with van der Waals surface area (Å²) in [5, 5.41) is 10.3. The number of hydrogen-bond donors (Lipinski definition) is 1. The average Bonchev–Trinajstić information content (AvgIpc) is 3.37. The highest BCUT2D eigenvalue weighted by Crippen LogP contribution is 2.30. The minimum atomic E-state index is -0.277. The zero-order valence-electron chi connectivity index (χ0n) is 23.1. The van der Waals surface area contributed by atoms with E-state index in [0.717, 1.165) is 46.9 Å². The molecule has 1 saturated heterocycles. The molecule has 4 heterocycles. The lowest BCUT2D eigenvalue weighted by Gasteiger charge is -2.23. The number of pyridine rings is 2. The minimum Gasteiger partial charge on any atom is -0.356 e. The first-order valence-electron chi connectivity index (χ1n) is 14.0. The van der Waals surface area contributed by atoms with Crippen LogP contribution >= 0.6 is 34.8 Å². The van der Waals surface area contributed by atoms with Gasteiger partial charge in [-0.3, -0.25) is 14.6 Å². The molecule has 220 valence electrons. The van der Waals surface area contributed by atoms with Gasteiger partial charge in [-0.05, 0) is 78.4 Å². The normalized spacial score (nSPS) is 15.1. The van der Waals surface area contributed by atoms with Crippen molar-refractivity contribution in [3.05, 3.63) is 127 Å². The molecule has 1 atom stereocenters. The van der Waals surface area contributed by atoms with Crippen LogP contribution in [0.4, 0.5) is 0 Å². The van der Waals surface area contributed by atoms with Gasteiger partial charge in [0.2, 0.25) is 0 Å². The Bertz CT molecular complexity index is 1860. The van der Waals surface area contributed by atoms with Gasteiger partial charge in [-0.1, -0.05) is 40.9 Å². The van der Waals surface area contributed by atoms with E-state index in [2.05, 4.69) is 10.3 Å². The average molecular weight is 637 g/mol. The number of ether oxygens (including phenoxy) is 1. The van der Waals surface area contributed by atoms with E-state index in [9.17, 15) is 9.59 Å². The fourth-order valence-electron chi connectivity index (χ4n) is 5.30. The molecule has 11 heteroatoms. The molecule has 1 fully saturated rings. The number of halogens is 3. The monoisotopic (exact) mass is 635 g/mol. The van der Waals surface area contributed by atoms with Crippen LogP contribution in [0.15, 0.2) is 78.0 Å². The first kappa shape index (κ1) is 29.4. The Balaban J connectivity index is 1.16. The molecular weight excluding hydrogens is 609 g/mol. The van der Waals surface area contributed by atoms with Crippen LogP contribution in [0.5, 0.6) is 0 Å². The van der Waals surface area contributed by atoms with E-state index in [1.54, 1.807) is 47.3 Å². The van der Waals surface area contributed by atoms with E-state index in [-0.39, 0.29) is 24.2 Å². The fourth-order valence-corrected chi connectivity index (χ4v) is 5.97. The number of nitrogens with one attached hydrogen (secondary N) is 1. The lowest BCUT2D eigenvalue weighted by Crippen LogP contribution is -2.24. The molecular formula is C32H28Cl3N5O3. The molecule has 6 rings (SSSR count). The molecule has 43 heavy (non-hydrogen) atoms. The predicted molar refractivity (Wildman–Crippen MR) is 168 cm³/mol. The van der Waals surface area contributed by atoms with Crippen LogP contribution in [-0.4, -0.2) is 31.8 Å². The van der Waals surface area contributed by atoms with Crippen molar-refractivity contribution in [2.45, 2.75) is 45.0 Å². The Morgan fingerprint density at radius 3 is 2.65 bits per heavy atom. The van der Waals surface area contributed by atoms with Gasteiger partial charge < -0.3 is 14.6 Å². The standard InChI is InChI=1S/C32H28Cl3N5O3/c33-24-7-8-29-25(15-24)28(38-40(29)31-6-2-4-10-43-31)18-37-32(42)22-12-20(16-36-17-22)11-21-13-27(35)23(14-26(21)34)19-39-9-3-1-5-30(39)41/h1,3,5,7-9,12-17,31H,2,4,6,10-11,18-19H2,(H,37,42). The largest absolute Gasteiger partial charge is 0.356 e. The summed E-state index contributed by atoms with van der Waals surface area (Å²) in [5.41, 5.74) is 4.24. The van der Waals surface area contributed by atoms with Gasteiger partial charge in [0.1, 0.15) is 0 Å². The van der Waals surface area contributed by atoms with E-state index in [1.165, 1.54) is 12.3 Å². The summed E-state index contributed by atoms with van der Waals surface area (Å²) < 4.78 is 9.43. The van der Waals surface area contributed by atoms with E-state index >= 15 is 0 Å². The van der Waals surface area contributed by atoms with Crippen molar-refractivity contribution in [3.8, 4) is 0 Å². The predicted octanol–water partition coefficient (Wildman–Crippen LogP) is 6.82. The molecule has 8 nitrogen and oxygen atoms in total. The molecule has 0 radical (unpaired) electrons. The van der Waals surface area contributed by atoms with E-state index in [1.807, 2.05) is 22.9 Å². The number of carbonyl (C=O) groups is 1. The summed E-state index contributed by atoms with van der Waals surface area (Å²) in [7, 11) is 0. The van der Waals surface area contributed by atoms with Crippen molar-refractivity contribution in [3.63, 3.8) is 0 Å². The highest BCUT2D eigenvalue weighted by molar-refractivity contribution is 6.34. The van der Waals surface area contributed by atoms with Gasteiger partial charge in [0.15, 0.2) is 6.23 Å². The van der Waals surface area contributed by atoms with Crippen LogP contribution < -0.4 is 10.9 Å². The third-order valence-electron chi connectivity index (χ3n) is 7.50. The maximum atomic E-state index is 13.2. The van der Waals surface area contributed by atoms with Gasteiger partial charge in [-0.15, -0.1) is 0 Å². The zero-order valence-corrected chi connectivity index (χ0v) is 25.4.